The largest absolute Gasteiger partial charge is 0.504 e. The molecule has 3 aromatic rings. The Morgan fingerprint density at radius 2 is 1.62 bits per heavy atom. The van der Waals surface area contributed by atoms with Crippen LogP contribution in [0.5, 0.6) is 5.75 Å². The number of likely N-dealkylation sites (tertiary alicyclic amines) is 1. The first kappa shape index (κ1) is 25.3. The van der Waals surface area contributed by atoms with E-state index in [1.165, 1.54) is 24.3 Å². The first-order chi connectivity index (χ1) is 17.2. The maximum atomic E-state index is 13.5. The Labute approximate surface area is 212 Å². The number of alkyl halides is 3. The summed E-state index contributed by atoms with van der Waals surface area (Å²) in [6.07, 6.45) is -3.13. The number of hydrogen-bond acceptors (Lipinski definition) is 5. The Balaban J connectivity index is 1.39. The van der Waals surface area contributed by atoms with Crippen molar-refractivity contribution in [1.82, 2.24) is 14.7 Å². The van der Waals surface area contributed by atoms with Crippen molar-refractivity contribution in [2.75, 3.05) is 13.1 Å². The highest BCUT2D eigenvalue weighted by Crippen LogP contribution is 2.49. The number of carbonyl (C=O) groups is 1. The van der Waals surface area contributed by atoms with Crippen molar-refractivity contribution in [2.24, 2.45) is 0 Å². The third-order valence-electron chi connectivity index (χ3n) is 6.99. The minimum Gasteiger partial charge on any atom is -0.482 e. The molecule has 0 bridgehead atoms. The van der Waals surface area contributed by atoms with E-state index >= 15 is 0 Å². The molecule has 196 valence electrons. The average molecular weight is 534 g/mol. The van der Waals surface area contributed by atoms with Crippen LogP contribution in [0.2, 0.25) is 0 Å². The molecule has 0 saturated carbocycles. The van der Waals surface area contributed by atoms with E-state index in [1.807, 2.05) is 0 Å². The number of benzene rings is 2. The lowest BCUT2D eigenvalue weighted by atomic mass is 9.81. The number of ether oxygens (including phenoxy) is 1. The van der Waals surface area contributed by atoms with Crippen molar-refractivity contribution < 1.29 is 31.1 Å². The van der Waals surface area contributed by atoms with Gasteiger partial charge in [-0.3, -0.25) is 4.79 Å². The third kappa shape index (κ3) is 4.18. The number of fused-ring (bicyclic) bond motifs is 4. The van der Waals surface area contributed by atoms with Crippen LogP contribution in [0.4, 0.5) is 13.2 Å². The summed E-state index contributed by atoms with van der Waals surface area (Å²) in [4.78, 5) is 14.9. The van der Waals surface area contributed by atoms with Crippen LogP contribution in [0.3, 0.4) is 0 Å². The van der Waals surface area contributed by atoms with Gasteiger partial charge in [-0.2, -0.15) is 9.78 Å². The maximum Gasteiger partial charge on any atom is 0.504 e. The zero-order valence-corrected chi connectivity index (χ0v) is 21.4. The fraction of sp³-hybridized carbons (Fsp3) is 0.385. The van der Waals surface area contributed by atoms with Crippen LogP contribution in [-0.4, -0.2) is 46.8 Å². The highest BCUT2D eigenvalue weighted by molar-refractivity contribution is 7.92. The van der Waals surface area contributed by atoms with Gasteiger partial charge in [-0.25, -0.2) is 8.42 Å². The third-order valence-corrected chi connectivity index (χ3v) is 9.49. The summed E-state index contributed by atoms with van der Waals surface area (Å²) in [5, 5.41) is 3.84. The van der Waals surface area contributed by atoms with Crippen LogP contribution in [0, 0.1) is 0 Å². The molecular weight excluding hydrogens is 507 g/mol. The molecule has 1 fully saturated rings. The molecule has 2 aliphatic heterocycles. The summed E-state index contributed by atoms with van der Waals surface area (Å²) in [5.74, 6) is 0.176. The van der Waals surface area contributed by atoms with Gasteiger partial charge in [-0.1, -0.05) is 12.1 Å². The Bertz CT molecular complexity index is 1460. The topological polar surface area (TPSA) is 81.5 Å². The fourth-order valence-corrected chi connectivity index (χ4v) is 6.01. The molecule has 0 aliphatic carbocycles. The second kappa shape index (κ2) is 8.34. The molecule has 2 aliphatic rings. The maximum absolute atomic E-state index is 13.5. The molecule has 1 aromatic heterocycles. The number of rotatable bonds is 2. The quantitative estimate of drug-likeness (QED) is 0.457. The van der Waals surface area contributed by atoms with E-state index in [1.54, 1.807) is 49.9 Å². The molecule has 1 amide bonds. The first-order valence-corrected chi connectivity index (χ1v) is 13.3. The summed E-state index contributed by atoms with van der Waals surface area (Å²) < 4.78 is 71.2. The molecule has 0 N–H and O–H groups in total. The van der Waals surface area contributed by atoms with Gasteiger partial charge in [0.2, 0.25) is 0 Å². The number of halogens is 3. The van der Waals surface area contributed by atoms with Gasteiger partial charge in [-0.05, 0) is 57.2 Å². The number of amides is 1. The van der Waals surface area contributed by atoms with Crippen molar-refractivity contribution in [3.05, 3.63) is 65.9 Å². The summed E-state index contributed by atoms with van der Waals surface area (Å²) in [5.41, 5.74) is 0.371. The predicted molar refractivity (Wildman–Crippen MR) is 130 cm³/mol. The van der Waals surface area contributed by atoms with Crippen molar-refractivity contribution in [2.45, 2.75) is 55.2 Å². The van der Waals surface area contributed by atoms with E-state index < -0.39 is 26.5 Å². The number of carbonyl (C=O) groups excluding carboxylic acids is 1. The van der Waals surface area contributed by atoms with Gasteiger partial charge in [0.25, 0.3) is 5.91 Å². The van der Waals surface area contributed by atoms with Crippen LogP contribution in [0.15, 0.2) is 59.6 Å². The zero-order valence-electron chi connectivity index (χ0n) is 20.5. The molecule has 11 heteroatoms. The number of aromatic nitrogens is 2. The van der Waals surface area contributed by atoms with Crippen LogP contribution in [-0.2, 0) is 21.7 Å². The lowest BCUT2D eigenvalue weighted by Crippen LogP contribution is -2.49. The second-order valence-electron chi connectivity index (χ2n) is 10.3. The number of sulfone groups is 1. The molecular formula is C26H26F3N3O4S. The molecule has 0 atom stereocenters. The van der Waals surface area contributed by atoms with Gasteiger partial charge >= 0.3 is 6.30 Å². The van der Waals surface area contributed by atoms with Gasteiger partial charge in [0.15, 0.2) is 9.84 Å². The van der Waals surface area contributed by atoms with E-state index in [0.29, 0.717) is 22.4 Å². The standard InChI is InChI=1S/C26H26F3N3O4S/c1-24(2,3)37(34,35)18-10-8-17(9-11-18)23(33)31-14-12-25(13-15-31)20-16-32(26(27,28)29)30-22(20)19-6-4-5-7-21(19)36-25/h4-11,16H,12-15H2,1-3H3. The zero-order chi connectivity index (χ0) is 26.8. The first-order valence-electron chi connectivity index (χ1n) is 11.8. The average Bonchev–Trinajstić information content (AvgIpc) is 3.31. The lowest BCUT2D eigenvalue weighted by Gasteiger charge is -2.44. The smallest absolute Gasteiger partial charge is 0.482 e. The molecule has 2 aromatic carbocycles. The Hall–Kier alpha value is -3.34. The molecule has 7 nitrogen and oxygen atoms in total. The Morgan fingerprint density at radius 1 is 1.00 bits per heavy atom. The SMILES string of the molecule is CC(C)(C)S(=O)(=O)c1ccc(C(=O)N2CCC3(CC2)Oc2ccccc2-c2nn(C(F)(F)F)cc23)cc1. The van der Waals surface area contributed by atoms with E-state index in [9.17, 15) is 26.4 Å². The minimum absolute atomic E-state index is 0.00952. The van der Waals surface area contributed by atoms with Crippen LogP contribution in [0.25, 0.3) is 11.3 Å². The Kier molecular flexibility index (Phi) is 5.70. The number of nitrogens with zero attached hydrogens (tertiary/aromatic N) is 3. The van der Waals surface area contributed by atoms with E-state index in [0.717, 1.165) is 6.20 Å². The van der Waals surface area contributed by atoms with E-state index in [2.05, 4.69) is 5.10 Å². The van der Waals surface area contributed by atoms with Gasteiger partial charge in [-0.15, -0.1) is 13.2 Å². The van der Waals surface area contributed by atoms with Gasteiger partial charge in [0.1, 0.15) is 17.0 Å². The van der Waals surface area contributed by atoms with Crippen molar-refractivity contribution in [3.8, 4) is 17.0 Å². The van der Waals surface area contributed by atoms with Crippen molar-refractivity contribution in [3.63, 3.8) is 0 Å². The minimum atomic E-state index is -4.67. The molecule has 1 saturated heterocycles. The van der Waals surface area contributed by atoms with Gasteiger partial charge in [0, 0.05) is 48.8 Å². The molecule has 0 radical (unpaired) electrons. The Morgan fingerprint density at radius 3 is 2.22 bits per heavy atom. The predicted octanol–water partition coefficient (Wildman–Crippen LogP) is 5.12. The highest BCUT2D eigenvalue weighted by atomic mass is 32.2. The van der Waals surface area contributed by atoms with E-state index in [-0.39, 0.29) is 47.1 Å². The van der Waals surface area contributed by atoms with E-state index in [4.69, 9.17) is 4.74 Å². The molecule has 0 unspecified atom stereocenters. The number of piperidine rings is 1. The van der Waals surface area contributed by atoms with Crippen molar-refractivity contribution in [1.29, 1.82) is 0 Å². The lowest BCUT2D eigenvalue weighted by molar-refractivity contribution is -0.212. The number of hydrogen-bond donors (Lipinski definition) is 0. The molecule has 37 heavy (non-hydrogen) atoms. The summed E-state index contributed by atoms with van der Waals surface area (Å²) in [6, 6.07) is 12.7. The summed E-state index contributed by atoms with van der Waals surface area (Å²) in [6.45, 7) is 5.33. The van der Waals surface area contributed by atoms with Crippen molar-refractivity contribution >= 4 is 15.7 Å². The van der Waals surface area contributed by atoms with Crippen LogP contribution < -0.4 is 4.74 Å². The summed E-state index contributed by atoms with van der Waals surface area (Å²) in [7, 11) is -3.55. The molecule has 1 spiro atoms. The fourth-order valence-electron chi connectivity index (χ4n) is 4.81. The normalized spacial score (nSPS) is 17.2. The van der Waals surface area contributed by atoms with Gasteiger partial charge in [0.05, 0.1) is 9.64 Å². The molecule has 3 heterocycles. The van der Waals surface area contributed by atoms with Crippen LogP contribution in [0.1, 0.15) is 49.5 Å². The van der Waals surface area contributed by atoms with Gasteiger partial charge < -0.3 is 9.64 Å². The second-order valence-corrected chi connectivity index (χ2v) is 13.0. The van der Waals surface area contributed by atoms with Crippen LogP contribution >= 0.6 is 0 Å². The monoisotopic (exact) mass is 533 g/mol. The summed E-state index contributed by atoms with van der Waals surface area (Å²) >= 11 is 0. The number of para-hydroxylation sites is 1. The molecule has 5 rings (SSSR count). The highest BCUT2D eigenvalue weighted by Gasteiger charge is 2.47.